The van der Waals surface area contributed by atoms with Crippen LogP contribution in [0.1, 0.15) is 16.7 Å². The lowest BCUT2D eigenvalue weighted by Gasteiger charge is -2.14. The van der Waals surface area contributed by atoms with E-state index in [1.165, 1.54) is 6.07 Å². The lowest BCUT2D eigenvalue weighted by Crippen LogP contribution is -2.17. The van der Waals surface area contributed by atoms with Gasteiger partial charge in [-0.2, -0.15) is 13.2 Å². The lowest BCUT2D eigenvalue weighted by molar-refractivity contribution is -0.137. The van der Waals surface area contributed by atoms with Crippen molar-refractivity contribution in [1.29, 1.82) is 0 Å². The first-order chi connectivity index (χ1) is 15.7. The van der Waals surface area contributed by atoms with Gasteiger partial charge in [0, 0.05) is 16.1 Å². The minimum atomic E-state index is -4.50. The Morgan fingerprint density at radius 2 is 1.82 bits per heavy atom. The third-order valence-corrected chi connectivity index (χ3v) is 6.27. The van der Waals surface area contributed by atoms with Crippen molar-refractivity contribution in [3.63, 3.8) is 0 Å². The number of carbonyl (C=O) groups excluding carboxylic acids is 1. The summed E-state index contributed by atoms with van der Waals surface area (Å²) in [6.45, 7) is 0.276. The molecule has 1 aliphatic heterocycles. The summed E-state index contributed by atoms with van der Waals surface area (Å²) in [6, 6.07) is 17.6. The molecule has 1 saturated heterocycles. The van der Waals surface area contributed by atoms with Gasteiger partial charge in [0.1, 0.15) is 16.7 Å². The van der Waals surface area contributed by atoms with Crippen LogP contribution in [-0.2, 0) is 17.6 Å². The number of halogens is 4. The molecule has 1 N–H and O–H groups in total. The summed E-state index contributed by atoms with van der Waals surface area (Å²) < 4.78 is 46.0. The summed E-state index contributed by atoms with van der Waals surface area (Å²) in [7, 11) is 0. The van der Waals surface area contributed by atoms with E-state index < -0.39 is 11.7 Å². The number of rotatable bonds is 5. The fourth-order valence-electron chi connectivity index (χ4n) is 3.18. The molecule has 3 nitrogen and oxygen atoms in total. The molecule has 1 aliphatic rings. The standard InChI is InChI=1S/C24H15ClF3NO2S2/c25-19-8-7-17(24(26,27)28)12-18(19)15-6-9-20(31-13-14-4-2-1-3-5-14)16(10-15)11-21-22(30)29-23(32)33-21/h1-12H,13H2,(H,29,30,32)/b21-11-. The number of carbonyl (C=O) groups is 1. The Balaban J connectivity index is 1.76. The third-order valence-electron chi connectivity index (χ3n) is 4.78. The summed E-state index contributed by atoms with van der Waals surface area (Å²) in [5, 5.41) is 2.72. The second-order valence-electron chi connectivity index (χ2n) is 7.07. The van der Waals surface area contributed by atoms with E-state index in [1.54, 1.807) is 24.3 Å². The summed E-state index contributed by atoms with van der Waals surface area (Å²) in [4.78, 5) is 12.5. The van der Waals surface area contributed by atoms with Crippen LogP contribution in [0.5, 0.6) is 5.75 Å². The van der Waals surface area contributed by atoms with Crippen molar-refractivity contribution in [2.45, 2.75) is 12.8 Å². The van der Waals surface area contributed by atoms with Crippen LogP contribution in [0.25, 0.3) is 17.2 Å². The highest BCUT2D eigenvalue weighted by molar-refractivity contribution is 8.26. The number of hydrogen-bond donors (Lipinski definition) is 1. The van der Waals surface area contributed by atoms with Crippen LogP contribution in [0.2, 0.25) is 5.02 Å². The third kappa shape index (κ3) is 5.58. The van der Waals surface area contributed by atoms with E-state index in [2.05, 4.69) is 5.32 Å². The summed E-state index contributed by atoms with van der Waals surface area (Å²) >= 11 is 12.4. The minimum Gasteiger partial charge on any atom is -0.488 e. The van der Waals surface area contributed by atoms with Gasteiger partial charge < -0.3 is 10.1 Å². The smallest absolute Gasteiger partial charge is 0.416 e. The van der Waals surface area contributed by atoms with Crippen molar-refractivity contribution in [1.82, 2.24) is 5.32 Å². The molecule has 1 amide bonds. The number of thioether (sulfide) groups is 1. The number of hydrogen-bond acceptors (Lipinski definition) is 4. The van der Waals surface area contributed by atoms with Gasteiger partial charge in [-0.05, 0) is 47.5 Å². The molecule has 9 heteroatoms. The zero-order valence-electron chi connectivity index (χ0n) is 16.8. The van der Waals surface area contributed by atoms with E-state index in [4.69, 9.17) is 28.6 Å². The van der Waals surface area contributed by atoms with Gasteiger partial charge in [0.25, 0.3) is 5.91 Å². The van der Waals surface area contributed by atoms with Crippen molar-refractivity contribution >= 4 is 51.9 Å². The van der Waals surface area contributed by atoms with Crippen molar-refractivity contribution < 1.29 is 22.7 Å². The normalized spacial score (nSPS) is 15.1. The molecular formula is C24H15ClF3NO2S2. The van der Waals surface area contributed by atoms with Gasteiger partial charge in [0.15, 0.2) is 0 Å². The lowest BCUT2D eigenvalue weighted by atomic mass is 9.99. The topological polar surface area (TPSA) is 38.3 Å². The zero-order chi connectivity index (χ0) is 23.6. The molecule has 33 heavy (non-hydrogen) atoms. The predicted molar refractivity (Wildman–Crippen MR) is 129 cm³/mol. The van der Waals surface area contributed by atoms with E-state index >= 15 is 0 Å². The van der Waals surface area contributed by atoms with Gasteiger partial charge >= 0.3 is 6.18 Å². The monoisotopic (exact) mass is 505 g/mol. The Bertz CT molecular complexity index is 1260. The molecule has 0 radical (unpaired) electrons. The molecule has 0 aliphatic carbocycles. The van der Waals surface area contributed by atoms with E-state index in [-0.39, 0.29) is 23.1 Å². The molecule has 3 aromatic rings. The van der Waals surface area contributed by atoms with E-state index in [0.29, 0.717) is 26.1 Å². The fourth-order valence-corrected chi connectivity index (χ4v) is 4.44. The first-order valence-electron chi connectivity index (χ1n) is 9.63. The number of ether oxygens (including phenoxy) is 1. The van der Waals surface area contributed by atoms with Crippen LogP contribution in [0.15, 0.2) is 71.6 Å². The van der Waals surface area contributed by atoms with Crippen LogP contribution in [0.4, 0.5) is 13.2 Å². The molecule has 0 unspecified atom stereocenters. The van der Waals surface area contributed by atoms with E-state index in [1.807, 2.05) is 30.3 Å². The van der Waals surface area contributed by atoms with Crippen LogP contribution in [-0.4, -0.2) is 10.2 Å². The average Bonchev–Trinajstić information content (AvgIpc) is 3.09. The highest BCUT2D eigenvalue weighted by Gasteiger charge is 2.31. The fraction of sp³-hybridized carbons (Fsp3) is 0.0833. The number of amides is 1. The summed E-state index contributed by atoms with van der Waals surface area (Å²) in [5.74, 6) is 0.117. The summed E-state index contributed by atoms with van der Waals surface area (Å²) in [6.07, 6.45) is -2.90. The number of thiocarbonyl (C=S) groups is 1. The van der Waals surface area contributed by atoms with Gasteiger partial charge in [-0.3, -0.25) is 4.79 Å². The quantitative estimate of drug-likeness (QED) is 0.296. The number of benzene rings is 3. The molecule has 1 heterocycles. The molecule has 0 atom stereocenters. The van der Waals surface area contributed by atoms with Crippen molar-refractivity contribution in [2.24, 2.45) is 0 Å². The second-order valence-corrected chi connectivity index (χ2v) is 9.20. The van der Waals surface area contributed by atoms with Gasteiger partial charge in [-0.15, -0.1) is 0 Å². The van der Waals surface area contributed by atoms with Gasteiger partial charge in [-0.1, -0.05) is 72.0 Å². The first kappa shape index (κ1) is 23.4. The maximum Gasteiger partial charge on any atom is 0.416 e. The molecule has 1 fully saturated rings. The van der Waals surface area contributed by atoms with Crippen LogP contribution < -0.4 is 10.1 Å². The maximum absolute atomic E-state index is 13.2. The average molecular weight is 506 g/mol. The van der Waals surface area contributed by atoms with Crippen molar-refractivity contribution in [2.75, 3.05) is 0 Å². The highest BCUT2D eigenvalue weighted by atomic mass is 35.5. The maximum atomic E-state index is 13.2. The van der Waals surface area contributed by atoms with E-state index in [9.17, 15) is 18.0 Å². The molecule has 0 spiro atoms. The second kappa shape index (κ2) is 9.59. The Morgan fingerprint density at radius 1 is 1.06 bits per heavy atom. The largest absolute Gasteiger partial charge is 0.488 e. The zero-order valence-corrected chi connectivity index (χ0v) is 19.2. The van der Waals surface area contributed by atoms with Gasteiger partial charge in [0.2, 0.25) is 0 Å². The molecule has 4 rings (SSSR count). The molecular weight excluding hydrogens is 491 g/mol. The molecule has 0 aromatic heterocycles. The molecule has 0 bridgehead atoms. The minimum absolute atomic E-state index is 0.175. The number of nitrogens with one attached hydrogen (secondary N) is 1. The predicted octanol–water partition coefficient (Wildman–Crippen LogP) is 7.09. The first-order valence-corrected chi connectivity index (χ1v) is 11.2. The highest BCUT2D eigenvalue weighted by Crippen LogP contribution is 2.38. The Morgan fingerprint density at radius 3 is 2.48 bits per heavy atom. The number of alkyl halides is 3. The SMILES string of the molecule is O=C1NC(=S)S/C1=C\c1cc(-c2cc(C(F)(F)F)ccc2Cl)ccc1OCc1ccccc1. The van der Waals surface area contributed by atoms with Crippen molar-refractivity contribution in [3.8, 4) is 16.9 Å². The summed E-state index contributed by atoms with van der Waals surface area (Å²) in [5.41, 5.74) is 1.33. The van der Waals surface area contributed by atoms with E-state index in [0.717, 1.165) is 29.5 Å². The Labute approximate surface area is 202 Å². The van der Waals surface area contributed by atoms with Crippen LogP contribution in [0.3, 0.4) is 0 Å². The Hall–Kier alpha value is -2.81. The molecule has 3 aromatic carbocycles. The van der Waals surface area contributed by atoms with Gasteiger partial charge in [-0.25, -0.2) is 0 Å². The molecule has 0 saturated carbocycles. The van der Waals surface area contributed by atoms with Crippen molar-refractivity contribution in [3.05, 3.63) is 93.3 Å². The van der Waals surface area contributed by atoms with Gasteiger partial charge in [0.05, 0.1) is 10.5 Å². The Kier molecular flexibility index (Phi) is 6.78. The molecule has 168 valence electrons. The van der Waals surface area contributed by atoms with Crippen LogP contribution >= 0.6 is 35.6 Å². The van der Waals surface area contributed by atoms with Crippen LogP contribution in [0, 0.1) is 0 Å².